The number of ether oxygens (including phenoxy) is 1. The van der Waals surface area contributed by atoms with E-state index in [1.54, 1.807) is 7.05 Å². The van der Waals surface area contributed by atoms with Crippen LogP contribution in [-0.2, 0) is 11.3 Å². The molecule has 1 aromatic heterocycles. The zero-order chi connectivity index (χ0) is 16.5. The van der Waals surface area contributed by atoms with Crippen LogP contribution in [0.3, 0.4) is 0 Å². The van der Waals surface area contributed by atoms with E-state index >= 15 is 0 Å². The Morgan fingerprint density at radius 1 is 1.26 bits per heavy atom. The van der Waals surface area contributed by atoms with Crippen LogP contribution in [0.5, 0.6) is 0 Å². The summed E-state index contributed by atoms with van der Waals surface area (Å²) in [5.74, 6) is 1.40. The summed E-state index contributed by atoms with van der Waals surface area (Å²) in [5.41, 5.74) is 2.31. The van der Waals surface area contributed by atoms with Gasteiger partial charge >= 0.3 is 0 Å². The average Bonchev–Trinajstić information content (AvgIpc) is 2.96. The Kier molecular flexibility index (Phi) is 6.94. The minimum Gasteiger partial charge on any atom is -0.381 e. The van der Waals surface area contributed by atoms with Crippen LogP contribution in [0.2, 0.25) is 0 Å². The second-order valence-corrected chi connectivity index (χ2v) is 6.06. The van der Waals surface area contributed by atoms with Crippen LogP contribution in [0.4, 0.5) is 0 Å². The predicted octanol–water partition coefficient (Wildman–Crippen LogP) is 2.90. The summed E-state index contributed by atoms with van der Waals surface area (Å²) >= 11 is 0. The molecular formula is C18H28N4O. The van der Waals surface area contributed by atoms with Crippen molar-refractivity contribution >= 4 is 16.9 Å². The van der Waals surface area contributed by atoms with E-state index in [4.69, 9.17) is 4.74 Å². The Morgan fingerprint density at radius 2 is 2.09 bits per heavy atom. The highest BCUT2D eigenvalue weighted by molar-refractivity contribution is 5.81. The van der Waals surface area contributed by atoms with Crippen LogP contribution in [-0.4, -0.2) is 37.7 Å². The molecule has 5 nitrogen and oxygen atoms in total. The first-order valence-electron chi connectivity index (χ1n) is 8.28. The second-order valence-electron chi connectivity index (χ2n) is 6.06. The minimum atomic E-state index is 0.591. The van der Waals surface area contributed by atoms with Crippen molar-refractivity contribution in [3.05, 3.63) is 36.0 Å². The van der Waals surface area contributed by atoms with Gasteiger partial charge in [0.25, 0.3) is 0 Å². The monoisotopic (exact) mass is 316 g/mol. The third kappa shape index (κ3) is 5.94. The Bertz CT molecular complexity index is 585. The van der Waals surface area contributed by atoms with E-state index in [2.05, 4.69) is 58.7 Å². The first kappa shape index (κ1) is 17.3. The molecular weight excluding hydrogens is 288 g/mol. The standard InChI is InChI=1S/C18H28N4O/c1-14(2)13-23-10-6-9-20-18(19-3)21-12-16-11-15-7-4-5-8-17(15)22-16/h4-5,7-8,11,14,22H,6,9-10,12-13H2,1-3H3,(H2,19,20,21). The van der Waals surface area contributed by atoms with Gasteiger partial charge in [-0.2, -0.15) is 0 Å². The highest BCUT2D eigenvalue weighted by Gasteiger charge is 2.02. The molecule has 0 amide bonds. The van der Waals surface area contributed by atoms with E-state index in [1.165, 1.54) is 5.39 Å². The van der Waals surface area contributed by atoms with Crippen LogP contribution < -0.4 is 10.6 Å². The molecule has 126 valence electrons. The van der Waals surface area contributed by atoms with Gasteiger partial charge in [-0.1, -0.05) is 32.0 Å². The molecule has 0 saturated carbocycles. The molecule has 0 aliphatic carbocycles. The van der Waals surface area contributed by atoms with Gasteiger partial charge in [0.2, 0.25) is 0 Å². The van der Waals surface area contributed by atoms with Crippen molar-refractivity contribution in [1.82, 2.24) is 15.6 Å². The van der Waals surface area contributed by atoms with Gasteiger partial charge in [0.05, 0.1) is 6.54 Å². The number of fused-ring (bicyclic) bond motifs is 1. The summed E-state index contributed by atoms with van der Waals surface area (Å²) in [6.45, 7) is 7.50. The summed E-state index contributed by atoms with van der Waals surface area (Å²) in [6.07, 6.45) is 0.972. The maximum atomic E-state index is 5.57. The highest BCUT2D eigenvalue weighted by Crippen LogP contribution is 2.14. The molecule has 0 aliphatic rings. The molecule has 0 atom stereocenters. The molecule has 23 heavy (non-hydrogen) atoms. The van der Waals surface area contributed by atoms with Gasteiger partial charge in [-0.25, -0.2) is 0 Å². The van der Waals surface area contributed by atoms with Gasteiger partial charge in [-0.3, -0.25) is 4.99 Å². The Hall–Kier alpha value is -2.01. The lowest BCUT2D eigenvalue weighted by Gasteiger charge is -2.11. The maximum absolute atomic E-state index is 5.57. The zero-order valence-corrected chi connectivity index (χ0v) is 14.4. The summed E-state index contributed by atoms with van der Waals surface area (Å²) in [7, 11) is 1.79. The number of nitrogens with zero attached hydrogens (tertiary/aromatic N) is 1. The zero-order valence-electron chi connectivity index (χ0n) is 14.4. The Labute approximate surface area is 138 Å². The van der Waals surface area contributed by atoms with Crippen molar-refractivity contribution in [2.45, 2.75) is 26.8 Å². The van der Waals surface area contributed by atoms with Gasteiger partial charge in [0.15, 0.2) is 5.96 Å². The van der Waals surface area contributed by atoms with Gasteiger partial charge < -0.3 is 20.4 Å². The largest absolute Gasteiger partial charge is 0.381 e. The molecule has 0 saturated heterocycles. The van der Waals surface area contributed by atoms with Crippen molar-refractivity contribution in [3.8, 4) is 0 Å². The molecule has 2 aromatic rings. The molecule has 0 spiro atoms. The number of nitrogens with one attached hydrogen (secondary N) is 3. The van der Waals surface area contributed by atoms with Gasteiger partial charge in [0, 0.05) is 38.0 Å². The van der Waals surface area contributed by atoms with E-state index in [1.807, 2.05) is 6.07 Å². The fourth-order valence-corrected chi connectivity index (χ4v) is 2.33. The quantitative estimate of drug-likeness (QED) is 0.399. The molecule has 0 radical (unpaired) electrons. The van der Waals surface area contributed by atoms with E-state index in [-0.39, 0.29) is 0 Å². The van der Waals surface area contributed by atoms with Crippen molar-refractivity contribution in [3.63, 3.8) is 0 Å². The number of H-pyrrole nitrogens is 1. The molecule has 1 heterocycles. The summed E-state index contributed by atoms with van der Waals surface area (Å²) < 4.78 is 5.57. The number of aromatic amines is 1. The van der Waals surface area contributed by atoms with E-state index in [0.717, 1.165) is 49.9 Å². The first-order chi connectivity index (χ1) is 11.2. The Balaban J connectivity index is 1.68. The van der Waals surface area contributed by atoms with Crippen molar-refractivity contribution in [1.29, 1.82) is 0 Å². The number of aliphatic imine (C=N–C) groups is 1. The highest BCUT2D eigenvalue weighted by atomic mass is 16.5. The lowest BCUT2D eigenvalue weighted by Crippen LogP contribution is -2.37. The summed E-state index contributed by atoms with van der Waals surface area (Å²) in [6, 6.07) is 10.4. The maximum Gasteiger partial charge on any atom is 0.191 e. The first-order valence-corrected chi connectivity index (χ1v) is 8.28. The van der Waals surface area contributed by atoms with Gasteiger partial charge in [-0.15, -0.1) is 0 Å². The molecule has 1 aromatic carbocycles. The second kappa shape index (κ2) is 9.20. The van der Waals surface area contributed by atoms with Gasteiger partial charge in [0.1, 0.15) is 0 Å². The number of para-hydroxylation sites is 1. The minimum absolute atomic E-state index is 0.591. The number of benzene rings is 1. The molecule has 0 bridgehead atoms. The predicted molar refractivity (Wildman–Crippen MR) is 96.8 cm³/mol. The van der Waals surface area contributed by atoms with Crippen molar-refractivity contribution < 1.29 is 4.74 Å². The normalized spacial score (nSPS) is 12.1. The fraction of sp³-hybridized carbons (Fsp3) is 0.500. The van der Waals surface area contributed by atoms with Crippen LogP contribution >= 0.6 is 0 Å². The van der Waals surface area contributed by atoms with Crippen LogP contribution in [0.15, 0.2) is 35.3 Å². The number of rotatable bonds is 8. The van der Waals surface area contributed by atoms with Crippen LogP contribution in [0.25, 0.3) is 10.9 Å². The molecule has 0 aliphatic heterocycles. The molecule has 0 unspecified atom stereocenters. The van der Waals surface area contributed by atoms with E-state index in [0.29, 0.717) is 5.92 Å². The van der Waals surface area contributed by atoms with E-state index < -0.39 is 0 Å². The number of hydrogen-bond acceptors (Lipinski definition) is 2. The third-order valence-corrected chi connectivity index (χ3v) is 3.46. The summed E-state index contributed by atoms with van der Waals surface area (Å²) in [4.78, 5) is 7.65. The molecule has 5 heteroatoms. The fourth-order valence-electron chi connectivity index (χ4n) is 2.33. The van der Waals surface area contributed by atoms with Crippen molar-refractivity contribution in [2.24, 2.45) is 10.9 Å². The number of hydrogen-bond donors (Lipinski definition) is 3. The SMILES string of the molecule is CN=C(NCCCOCC(C)C)NCc1cc2ccccc2[nH]1. The van der Waals surface area contributed by atoms with Crippen LogP contribution in [0.1, 0.15) is 26.0 Å². The number of aromatic nitrogens is 1. The average molecular weight is 316 g/mol. The molecule has 0 fully saturated rings. The smallest absolute Gasteiger partial charge is 0.191 e. The van der Waals surface area contributed by atoms with E-state index in [9.17, 15) is 0 Å². The lowest BCUT2D eigenvalue weighted by molar-refractivity contribution is 0.108. The Morgan fingerprint density at radius 3 is 2.83 bits per heavy atom. The molecule has 3 N–H and O–H groups in total. The van der Waals surface area contributed by atoms with Gasteiger partial charge in [-0.05, 0) is 29.9 Å². The molecule has 2 rings (SSSR count). The lowest BCUT2D eigenvalue weighted by atomic mass is 10.2. The van der Waals surface area contributed by atoms with Crippen LogP contribution in [0, 0.1) is 5.92 Å². The van der Waals surface area contributed by atoms with Crippen molar-refractivity contribution in [2.75, 3.05) is 26.8 Å². The third-order valence-electron chi connectivity index (χ3n) is 3.46. The summed E-state index contributed by atoms with van der Waals surface area (Å²) in [5, 5.41) is 7.86. The number of guanidine groups is 1. The topological polar surface area (TPSA) is 61.4 Å².